The normalized spacial score (nSPS) is 11.9. The van der Waals surface area contributed by atoms with Crippen molar-refractivity contribution in [2.24, 2.45) is 0 Å². The van der Waals surface area contributed by atoms with Crippen molar-refractivity contribution in [1.29, 1.82) is 0 Å². The summed E-state index contributed by atoms with van der Waals surface area (Å²) in [4.78, 5) is 11.6. The van der Waals surface area contributed by atoms with Gasteiger partial charge in [0.05, 0.1) is 20.3 Å². The van der Waals surface area contributed by atoms with Gasteiger partial charge in [-0.2, -0.15) is 0 Å². The molecule has 0 saturated carbocycles. The predicted octanol–water partition coefficient (Wildman–Crippen LogP) is 1.49. The molecule has 0 aliphatic rings. The Kier molecular flexibility index (Phi) is 7.69. The van der Waals surface area contributed by atoms with Gasteiger partial charge in [0.2, 0.25) is 0 Å². The van der Waals surface area contributed by atoms with Gasteiger partial charge in [0.1, 0.15) is 11.8 Å². The van der Waals surface area contributed by atoms with Gasteiger partial charge in [-0.15, -0.1) is 0 Å². The number of benzene rings is 1. The first-order chi connectivity index (χ1) is 9.71. The number of rotatable bonds is 9. The molecule has 1 atom stereocenters. The molecule has 1 aromatic carbocycles. The number of methoxy groups -OCH3 is 1. The lowest BCUT2D eigenvalue weighted by atomic mass is 10.2. The van der Waals surface area contributed by atoms with Gasteiger partial charge in [-0.05, 0) is 30.7 Å². The van der Waals surface area contributed by atoms with E-state index < -0.39 is 0 Å². The Morgan fingerprint density at radius 3 is 2.90 bits per heavy atom. The maximum Gasteiger partial charge on any atom is 0.322 e. The number of hydrogen-bond donors (Lipinski definition) is 2. The average Bonchev–Trinajstić information content (AvgIpc) is 2.50. The minimum Gasteiger partial charge on any atom is -0.494 e. The van der Waals surface area contributed by atoms with E-state index in [0.29, 0.717) is 18.8 Å². The Bertz CT molecular complexity index is 409. The van der Waals surface area contributed by atoms with Crippen molar-refractivity contribution >= 4 is 5.97 Å². The fourth-order valence-corrected chi connectivity index (χ4v) is 1.79. The van der Waals surface area contributed by atoms with Crippen LogP contribution in [0.2, 0.25) is 0 Å². The first-order valence-corrected chi connectivity index (χ1v) is 6.85. The van der Waals surface area contributed by atoms with E-state index in [2.05, 4.69) is 5.32 Å². The summed E-state index contributed by atoms with van der Waals surface area (Å²) in [6.45, 7) is 3.20. The summed E-state index contributed by atoms with van der Waals surface area (Å²) in [7, 11) is 1.38. The zero-order valence-corrected chi connectivity index (χ0v) is 12.1. The van der Waals surface area contributed by atoms with E-state index in [0.717, 1.165) is 18.5 Å². The quantitative estimate of drug-likeness (QED) is 0.671. The number of aliphatic hydroxyl groups excluding tert-OH is 1. The van der Waals surface area contributed by atoms with Crippen LogP contribution in [-0.2, 0) is 16.1 Å². The van der Waals surface area contributed by atoms with Gasteiger partial charge in [-0.25, -0.2) is 0 Å². The molecule has 1 aromatic rings. The highest BCUT2D eigenvalue weighted by atomic mass is 16.5. The number of hydrogen-bond acceptors (Lipinski definition) is 5. The lowest BCUT2D eigenvalue weighted by Crippen LogP contribution is -2.39. The highest BCUT2D eigenvalue weighted by molar-refractivity contribution is 5.75. The van der Waals surface area contributed by atoms with E-state index in [1.54, 1.807) is 6.07 Å². The molecule has 1 unspecified atom stereocenters. The molecule has 5 nitrogen and oxygen atoms in total. The standard InChI is InChI=1S/C15H23NO4/c1-3-8-16-14(15(18)19-2)7-9-20-13-6-4-5-12(10-13)11-17/h4-6,10,14,16-17H,3,7-9,11H2,1-2H3. The second-order valence-electron chi connectivity index (χ2n) is 4.47. The average molecular weight is 281 g/mol. The highest BCUT2D eigenvalue weighted by Crippen LogP contribution is 2.13. The molecule has 0 amide bonds. The van der Waals surface area contributed by atoms with Gasteiger partial charge in [-0.3, -0.25) is 4.79 Å². The van der Waals surface area contributed by atoms with Gasteiger partial charge in [0.25, 0.3) is 0 Å². The number of esters is 1. The van der Waals surface area contributed by atoms with Gasteiger partial charge in [0, 0.05) is 6.42 Å². The molecule has 0 fully saturated rings. The van der Waals surface area contributed by atoms with E-state index in [9.17, 15) is 4.79 Å². The van der Waals surface area contributed by atoms with E-state index in [1.165, 1.54) is 7.11 Å². The molecule has 0 aliphatic carbocycles. The van der Waals surface area contributed by atoms with Crippen LogP contribution in [0.5, 0.6) is 5.75 Å². The molecule has 0 heterocycles. The molecule has 0 spiro atoms. The summed E-state index contributed by atoms with van der Waals surface area (Å²) >= 11 is 0. The number of ether oxygens (including phenoxy) is 2. The van der Waals surface area contributed by atoms with Crippen LogP contribution in [0.1, 0.15) is 25.3 Å². The zero-order valence-electron chi connectivity index (χ0n) is 12.1. The van der Waals surface area contributed by atoms with Crippen LogP contribution in [0.3, 0.4) is 0 Å². The van der Waals surface area contributed by atoms with Crippen molar-refractivity contribution in [3.8, 4) is 5.75 Å². The van der Waals surface area contributed by atoms with Crippen LogP contribution in [-0.4, -0.2) is 37.4 Å². The van der Waals surface area contributed by atoms with Crippen LogP contribution in [0.25, 0.3) is 0 Å². The van der Waals surface area contributed by atoms with Crippen LogP contribution >= 0.6 is 0 Å². The molecule has 1 rings (SSSR count). The van der Waals surface area contributed by atoms with Crippen molar-refractivity contribution in [2.45, 2.75) is 32.4 Å². The van der Waals surface area contributed by atoms with E-state index in [4.69, 9.17) is 14.6 Å². The molecule has 5 heteroatoms. The number of nitrogens with one attached hydrogen (secondary N) is 1. The lowest BCUT2D eigenvalue weighted by molar-refractivity contribution is -0.143. The van der Waals surface area contributed by atoms with Gasteiger partial charge in [0.15, 0.2) is 0 Å². The smallest absolute Gasteiger partial charge is 0.322 e. The molecule has 0 aromatic heterocycles. The molecule has 20 heavy (non-hydrogen) atoms. The Labute approximate surface area is 119 Å². The third-order valence-electron chi connectivity index (χ3n) is 2.88. The van der Waals surface area contributed by atoms with Crippen LogP contribution in [0.4, 0.5) is 0 Å². The number of aliphatic hydroxyl groups is 1. The Morgan fingerprint density at radius 1 is 1.45 bits per heavy atom. The monoisotopic (exact) mass is 281 g/mol. The van der Waals surface area contributed by atoms with E-state index in [-0.39, 0.29) is 18.6 Å². The molecule has 0 saturated heterocycles. The largest absolute Gasteiger partial charge is 0.494 e. The van der Waals surface area contributed by atoms with Crippen molar-refractivity contribution in [2.75, 3.05) is 20.3 Å². The summed E-state index contributed by atoms with van der Waals surface area (Å²) in [5.74, 6) is 0.418. The van der Waals surface area contributed by atoms with Gasteiger partial charge >= 0.3 is 5.97 Å². The predicted molar refractivity (Wildman–Crippen MR) is 76.6 cm³/mol. The third-order valence-corrected chi connectivity index (χ3v) is 2.88. The number of carbonyl (C=O) groups excluding carboxylic acids is 1. The second-order valence-corrected chi connectivity index (χ2v) is 4.47. The molecule has 112 valence electrons. The lowest BCUT2D eigenvalue weighted by Gasteiger charge is -2.16. The fraction of sp³-hybridized carbons (Fsp3) is 0.533. The van der Waals surface area contributed by atoms with Gasteiger partial charge in [-0.1, -0.05) is 19.1 Å². The first-order valence-electron chi connectivity index (χ1n) is 6.85. The molecule has 0 aliphatic heterocycles. The van der Waals surface area contributed by atoms with Crippen molar-refractivity contribution in [3.63, 3.8) is 0 Å². The molecule has 2 N–H and O–H groups in total. The van der Waals surface area contributed by atoms with Crippen LogP contribution < -0.4 is 10.1 Å². The summed E-state index contributed by atoms with van der Waals surface area (Å²) in [6.07, 6.45) is 1.49. The van der Waals surface area contributed by atoms with Gasteiger partial charge < -0.3 is 19.9 Å². The topological polar surface area (TPSA) is 67.8 Å². The highest BCUT2D eigenvalue weighted by Gasteiger charge is 2.17. The van der Waals surface area contributed by atoms with E-state index >= 15 is 0 Å². The SMILES string of the molecule is CCCNC(CCOc1cccc(CO)c1)C(=O)OC. The summed E-state index contributed by atoms with van der Waals surface area (Å²) in [5.41, 5.74) is 0.802. The Morgan fingerprint density at radius 2 is 2.25 bits per heavy atom. The van der Waals surface area contributed by atoms with Crippen molar-refractivity contribution in [3.05, 3.63) is 29.8 Å². The van der Waals surface area contributed by atoms with Crippen molar-refractivity contribution in [1.82, 2.24) is 5.32 Å². The van der Waals surface area contributed by atoms with Crippen LogP contribution in [0.15, 0.2) is 24.3 Å². The second kappa shape index (κ2) is 9.34. The summed E-state index contributed by atoms with van der Waals surface area (Å²) in [6, 6.07) is 6.92. The molecular formula is C15H23NO4. The van der Waals surface area contributed by atoms with Crippen LogP contribution in [0, 0.1) is 0 Å². The first kappa shape index (κ1) is 16.5. The molecule has 0 bridgehead atoms. The maximum atomic E-state index is 11.6. The maximum absolute atomic E-state index is 11.6. The minimum absolute atomic E-state index is 0.0138. The Hall–Kier alpha value is -1.59. The zero-order chi connectivity index (χ0) is 14.8. The van der Waals surface area contributed by atoms with Crippen molar-refractivity contribution < 1.29 is 19.4 Å². The minimum atomic E-state index is -0.346. The summed E-state index contributed by atoms with van der Waals surface area (Å²) < 4.78 is 10.4. The molecule has 0 radical (unpaired) electrons. The third kappa shape index (κ3) is 5.59. The summed E-state index contributed by atoms with van der Waals surface area (Å²) in [5, 5.41) is 12.2. The van der Waals surface area contributed by atoms with E-state index in [1.807, 2.05) is 25.1 Å². The fourth-order valence-electron chi connectivity index (χ4n) is 1.79. The number of carbonyl (C=O) groups is 1. The molecular weight excluding hydrogens is 258 g/mol. The Balaban J connectivity index is 2.44.